The summed E-state index contributed by atoms with van der Waals surface area (Å²) in [4.78, 5) is 39.7. The second kappa shape index (κ2) is 14.7. The summed E-state index contributed by atoms with van der Waals surface area (Å²) in [5.74, 6) is 0.193. The number of hydrogen-bond acceptors (Lipinski definition) is 5. The number of carbonyl (C=O) groups excluding carboxylic acids is 3. The van der Waals surface area contributed by atoms with Crippen LogP contribution in [0.3, 0.4) is 0 Å². The number of anilines is 2. The quantitative estimate of drug-likeness (QED) is 0.132. The lowest BCUT2D eigenvalue weighted by Gasteiger charge is -2.13. The second-order valence-electron chi connectivity index (χ2n) is 9.75. The van der Waals surface area contributed by atoms with Gasteiger partial charge in [-0.2, -0.15) is 0 Å². The van der Waals surface area contributed by atoms with E-state index in [0.717, 1.165) is 10.5 Å². The first-order valence-corrected chi connectivity index (χ1v) is 14.5. The lowest BCUT2D eigenvalue weighted by atomic mass is 10.0. The highest BCUT2D eigenvalue weighted by Gasteiger charge is 2.16. The van der Waals surface area contributed by atoms with E-state index >= 15 is 0 Å². The molecule has 3 amide bonds. The summed E-state index contributed by atoms with van der Waals surface area (Å²) < 4.78 is 5.20. The summed E-state index contributed by atoms with van der Waals surface area (Å²) in [5.41, 5.74) is 3.70. The molecule has 0 saturated heterocycles. The Kier molecular flexibility index (Phi) is 10.6. The third-order valence-corrected chi connectivity index (χ3v) is 7.25. The van der Waals surface area contributed by atoms with Gasteiger partial charge in [-0.3, -0.25) is 14.4 Å². The van der Waals surface area contributed by atoms with Crippen LogP contribution >= 0.6 is 11.8 Å². The van der Waals surface area contributed by atoms with E-state index in [0.29, 0.717) is 28.6 Å². The Morgan fingerprint density at radius 2 is 1.50 bits per heavy atom. The van der Waals surface area contributed by atoms with Crippen molar-refractivity contribution in [2.24, 2.45) is 0 Å². The molecule has 0 unspecified atom stereocenters. The lowest BCUT2D eigenvalue weighted by Crippen LogP contribution is -2.30. The van der Waals surface area contributed by atoms with Gasteiger partial charge in [-0.25, -0.2) is 0 Å². The number of rotatable bonds is 11. The van der Waals surface area contributed by atoms with Crippen molar-refractivity contribution in [3.05, 3.63) is 126 Å². The molecule has 0 radical (unpaired) electrons. The Morgan fingerprint density at radius 3 is 2.19 bits per heavy atom. The molecule has 4 aromatic carbocycles. The highest BCUT2D eigenvalue weighted by molar-refractivity contribution is 8.00. The largest absolute Gasteiger partial charge is 0.497 e. The molecule has 42 heavy (non-hydrogen) atoms. The summed E-state index contributed by atoms with van der Waals surface area (Å²) in [7, 11) is 1.57. The average Bonchev–Trinajstić information content (AvgIpc) is 3.00. The fraction of sp³-hybridized carbons (Fsp3) is 0.147. The van der Waals surface area contributed by atoms with Gasteiger partial charge < -0.3 is 20.7 Å². The normalized spacial score (nSPS) is 11.1. The van der Waals surface area contributed by atoms with Crippen molar-refractivity contribution in [3.8, 4) is 5.75 Å². The summed E-state index contributed by atoms with van der Waals surface area (Å²) >= 11 is 1.34. The molecule has 0 aliphatic heterocycles. The van der Waals surface area contributed by atoms with Gasteiger partial charge in [0.25, 0.3) is 11.8 Å². The van der Waals surface area contributed by atoms with Crippen LogP contribution in [0.1, 0.15) is 41.3 Å². The van der Waals surface area contributed by atoms with Crippen molar-refractivity contribution in [3.63, 3.8) is 0 Å². The molecule has 4 aromatic rings. The summed E-state index contributed by atoms with van der Waals surface area (Å²) in [6.07, 6.45) is 1.65. The Labute approximate surface area is 250 Å². The van der Waals surface area contributed by atoms with Gasteiger partial charge in [0.1, 0.15) is 11.4 Å². The summed E-state index contributed by atoms with van der Waals surface area (Å²) in [6.45, 7) is 4.23. The van der Waals surface area contributed by atoms with Gasteiger partial charge in [0, 0.05) is 27.9 Å². The Hall–Kier alpha value is -4.82. The molecule has 214 valence electrons. The third-order valence-electron chi connectivity index (χ3n) is 6.26. The molecule has 3 N–H and O–H groups in total. The van der Waals surface area contributed by atoms with Gasteiger partial charge in [0.2, 0.25) is 5.91 Å². The number of amides is 3. The van der Waals surface area contributed by atoms with Crippen LogP contribution in [0.15, 0.2) is 114 Å². The molecule has 0 bridgehead atoms. The van der Waals surface area contributed by atoms with Crippen molar-refractivity contribution in [2.75, 3.05) is 23.5 Å². The SMILES string of the molecule is COc1cccc(NC(=O)CSc2cccc(NC(=O)/C(=C\c3ccc(C(C)C)cc3)NC(=O)c3ccccc3)c2)c1. The first kappa shape index (κ1) is 30.1. The minimum absolute atomic E-state index is 0.108. The maximum atomic E-state index is 13.4. The summed E-state index contributed by atoms with van der Waals surface area (Å²) in [5, 5.41) is 8.50. The molecule has 4 rings (SSSR count). The minimum atomic E-state index is -0.467. The fourth-order valence-electron chi connectivity index (χ4n) is 4.00. The van der Waals surface area contributed by atoms with Crippen LogP contribution in [0, 0.1) is 0 Å². The number of thioether (sulfide) groups is 1. The van der Waals surface area contributed by atoms with Gasteiger partial charge in [0.05, 0.1) is 12.9 Å². The molecular weight excluding hydrogens is 546 g/mol. The van der Waals surface area contributed by atoms with Crippen LogP contribution in [-0.4, -0.2) is 30.6 Å². The molecule has 0 aliphatic carbocycles. The summed E-state index contributed by atoms with van der Waals surface area (Å²) in [6, 6.07) is 31.0. The predicted octanol–water partition coefficient (Wildman–Crippen LogP) is 6.96. The second-order valence-corrected chi connectivity index (χ2v) is 10.8. The highest BCUT2D eigenvalue weighted by atomic mass is 32.2. The topological polar surface area (TPSA) is 96.5 Å². The molecule has 0 aliphatic rings. The van der Waals surface area contributed by atoms with E-state index in [9.17, 15) is 14.4 Å². The monoisotopic (exact) mass is 579 g/mol. The maximum absolute atomic E-state index is 13.4. The zero-order valence-electron chi connectivity index (χ0n) is 23.7. The van der Waals surface area contributed by atoms with Crippen molar-refractivity contribution < 1.29 is 19.1 Å². The molecular formula is C34H33N3O4S. The van der Waals surface area contributed by atoms with E-state index < -0.39 is 5.91 Å². The first-order chi connectivity index (χ1) is 20.3. The lowest BCUT2D eigenvalue weighted by molar-refractivity contribution is -0.114. The van der Waals surface area contributed by atoms with Crippen molar-refractivity contribution >= 4 is 46.9 Å². The van der Waals surface area contributed by atoms with Crippen LogP contribution in [0.5, 0.6) is 5.75 Å². The van der Waals surface area contributed by atoms with Crippen molar-refractivity contribution in [2.45, 2.75) is 24.7 Å². The number of benzene rings is 4. The zero-order chi connectivity index (χ0) is 29.9. The molecule has 7 nitrogen and oxygen atoms in total. The Balaban J connectivity index is 1.45. The molecule has 0 saturated carbocycles. The third kappa shape index (κ3) is 8.84. The molecule has 0 heterocycles. The van der Waals surface area contributed by atoms with Gasteiger partial charge >= 0.3 is 0 Å². The van der Waals surface area contributed by atoms with Gasteiger partial charge in [-0.1, -0.05) is 68.4 Å². The highest BCUT2D eigenvalue weighted by Crippen LogP contribution is 2.23. The van der Waals surface area contributed by atoms with Crippen molar-refractivity contribution in [1.29, 1.82) is 0 Å². The molecule has 0 fully saturated rings. The zero-order valence-corrected chi connectivity index (χ0v) is 24.5. The number of methoxy groups -OCH3 is 1. The van der Waals surface area contributed by atoms with Gasteiger partial charge in [-0.15, -0.1) is 11.8 Å². The van der Waals surface area contributed by atoms with E-state index in [4.69, 9.17) is 4.74 Å². The van der Waals surface area contributed by atoms with Crippen molar-refractivity contribution in [1.82, 2.24) is 5.32 Å². The molecule has 0 aromatic heterocycles. The number of hydrogen-bond donors (Lipinski definition) is 3. The smallest absolute Gasteiger partial charge is 0.272 e. The maximum Gasteiger partial charge on any atom is 0.272 e. The fourth-order valence-corrected chi connectivity index (χ4v) is 4.75. The van der Waals surface area contributed by atoms with E-state index in [2.05, 4.69) is 29.8 Å². The van der Waals surface area contributed by atoms with Crippen LogP contribution in [0.25, 0.3) is 6.08 Å². The first-order valence-electron chi connectivity index (χ1n) is 13.5. The van der Waals surface area contributed by atoms with Gasteiger partial charge in [0.15, 0.2) is 0 Å². The predicted molar refractivity (Wildman–Crippen MR) is 170 cm³/mol. The van der Waals surface area contributed by atoms with E-state index in [1.165, 1.54) is 17.3 Å². The standard InChI is InChI=1S/C34H33N3O4S/c1-23(2)25-17-15-24(16-18-25)19-31(37-33(39)26-9-5-4-6-10-26)34(40)36-28-12-8-14-30(21-28)42-22-32(38)35-27-11-7-13-29(20-27)41-3/h4-21,23H,22H2,1-3H3,(H,35,38)(H,36,40)(H,37,39)/b31-19+. The van der Waals surface area contributed by atoms with Crippen LogP contribution in [0.4, 0.5) is 11.4 Å². The van der Waals surface area contributed by atoms with E-state index in [1.54, 1.807) is 79.9 Å². The molecule has 0 spiro atoms. The molecule has 0 atom stereocenters. The average molecular weight is 580 g/mol. The Morgan fingerprint density at radius 1 is 0.810 bits per heavy atom. The van der Waals surface area contributed by atoms with Gasteiger partial charge in [-0.05, 0) is 65.6 Å². The van der Waals surface area contributed by atoms with Crippen LogP contribution in [-0.2, 0) is 9.59 Å². The van der Waals surface area contributed by atoms with Crippen LogP contribution < -0.4 is 20.7 Å². The van der Waals surface area contributed by atoms with E-state index in [-0.39, 0.29) is 23.3 Å². The van der Waals surface area contributed by atoms with Crippen LogP contribution in [0.2, 0.25) is 0 Å². The Bertz CT molecular complexity index is 1570. The van der Waals surface area contributed by atoms with E-state index in [1.807, 2.05) is 36.4 Å². The molecule has 8 heteroatoms. The number of nitrogens with one attached hydrogen (secondary N) is 3. The number of carbonyl (C=O) groups is 3. The number of ether oxygens (including phenoxy) is 1. The minimum Gasteiger partial charge on any atom is -0.497 e.